The zero-order valence-corrected chi connectivity index (χ0v) is 52.2. The third kappa shape index (κ3) is 65.7. The van der Waals surface area contributed by atoms with E-state index in [0.717, 1.165) is 161 Å². The van der Waals surface area contributed by atoms with E-state index in [2.05, 4.69) is 179 Å². The molecule has 0 aliphatic carbocycles. The molecule has 0 N–H and O–H groups in total. The van der Waals surface area contributed by atoms with Crippen LogP contribution in [0.4, 0.5) is 0 Å². The second-order valence-corrected chi connectivity index (χ2v) is 21.3. The van der Waals surface area contributed by atoms with Gasteiger partial charge in [0.2, 0.25) is 0 Å². The molecule has 0 aromatic rings. The maximum absolute atomic E-state index is 12.9. The molecule has 0 heterocycles. The number of unbranched alkanes of at least 4 members (excludes halogenated alkanes) is 21. The van der Waals surface area contributed by atoms with Crippen LogP contribution >= 0.6 is 0 Å². The molecule has 0 aliphatic heterocycles. The van der Waals surface area contributed by atoms with E-state index < -0.39 is 6.10 Å². The van der Waals surface area contributed by atoms with E-state index in [4.69, 9.17) is 14.2 Å². The molecule has 0 radical (unpaired) electrons. The Kier molecular flexibility index (Phi) is 63.4. The quantitative estimate of drug-likeness (QED) is 0.0261. The monoisotopic (exact) mass is 1120 g/mol. The minimum Gasteiger partial charge on any atom is -0.462 e. The first kappa shape index (κ1) is 76.0. The zero-order valence-electron chi connectivity index (χ0n) is 52.2. The molecule has 0 saturated carbocycles. The molecule has 0 rings (SSSR count). The van der Waals surface area contributed by atoms with Gasteiger partial charge in [-0.3, -0.25) is 14.4 Å². The molecule has 0 amide bonds. The Hall–Kier alpha value is -4.97. The first-order valence-electron chi connectivity index (χ1n) is 33.0. The van der Waals surface area contributed by atoms with Gasteiger partial charge in [0, 0.05) is 19.3 Å². The van der Waals surface area contributed by atoms with Crippen molar-refractivity contribution in [2.45, 2.75) is 284 Å². The van der Waals surface area contributed by atoms with Crippen LogP contribution in [0.3, 0.4) is 0 Å². The summed E-state index contributed by atoms with van der Waals surface area (Å²) >= 11 is 0. The Labute approximate surface area is 499 Å². The molecule has 6 nitrogen and oxygen atoms in total. The van der Waals surface area contributed by atoms with E-state index in [1.807, 2.05) is 0 Å². The van der Waals surface area contributed by atoms with Crippen molar-refractivity contribution in [2.24, 2.45) is 0 Å². The maximum Gasteiger partial charge on any atom is 0.306 e. The third-order valence-electron chi connectivity index (χ3n) is 13.5. The lowest BCUT2D eigenvalue weighted by atomic mass is 10.1. The molecule has 0 aliphatic rings. The topological polar surface area (TPSA) is 78.9 Å². The number of esters is 3. The number of hydrogen-bond donors (Lipinski definition) is 0. The molecule has 0 aromatic carbocycles. The van der Waals surface area contributed by atoms with Crippen LogP contribution in [0.25, 0.3) is 0 Å². The van der Waals surface area contributed by atoms with Gasteiger partial charge in [0.25, 0.3) is 0 Å². The fraction of sp³-hybridized carbons (Fsp3) is 0.613. The van der Waals surface area contributed by atoms with Crippen molar-refractivity contribution >= 4 is 17.9 Å². The highest BCUT2D eigenvalue weighted by atomic mass is 16.6. The molecule has 6 heteroatoms. The Bertz CT molecular complexity index is 1810. The lowest BCUT2D eigenvalue weighted by Crippen LogP contribution is -2.30. The molecule has 0 spiro atoms. The predicted octanol–water partition coefficient (Wildman–Crippen LogP) is 22.9. The summed E-state index contributed by atoms with van der Waals surface area (Å²) in [6, 6.07) is 0. The highest BCUT2D eigenvalue weighted by Gasteiger charge is 2.19. The minimum atomic E-state index is -0.807. The third-order valence-corrected chi connectivity index (χ3v) is 13.5. The number of rotatable bonds is 58. The Balaban J connectivity index is 4.45. The second kappa shape index (κ2) is 67.5. The molecular formula is C75H120O6. The molecular weight excluding hydrogens is 997 g/mol. The lowest BCUT2D eigenvalue weighted by Gasteiger charge is -2.18. The van der Waals surface area contributed by atoms with Crippen molar-refractivity contribution in [3.63, 3.8) is 0 Å². The largest absolute Gasteiger partial charge is 0.462 e. The van der Waals surface area contributed by atoms with E-state index >= 15 is 0 Å². The first-order chi connectivity index (χ1) is 40.0. The van der Waals surface area contributed by atoms with E-state index in [1.54, 1.807) is 0 Å². The van der Waals surface area contributed by atoms with Crippen LogP contribution in [0.2, 0.25) is 0 Å². The second-order valence-electron chi connectivity index (χ2n) is 21.3. The number of hydrogen-bond acceptors (Lipinski definition) is 6. The summed E-state index contributed by atoms with van der Waals surface area (Å²) in [5, 5.41) is 0. The van der Waals surface area contributed by atoms with E-state index in [0.29, 0.717) is 19.3 Å². The SMILES string of the molecule is CC/C=C\C/C=C\C/C=C\C/C=C\C/C=C\C/C=C\C/C=C\C/C=C\CCCCCCC(=O)OCC(COC(=O)CCCCCCCCC/C=C\C/C=C\CCCCC)OC(=O)CCCCCCCCC/C=C\C/C=C\C/C=C\CC. The molecule has 0 bridgehead atoms. The van der Waals surface area contributed by atoms with Gasteiger partial charge in [-0.25, -0.2) is 0 Å². The molecule has 81 heavy (non-hydrogen) atoms. The Morgan fingerprint density at radius 2 is 0.481 bits per heavy atom. The van der Waals surface area contributed by atoms with Crippen LogP contribution in [0.1, 0.15) is 278 Å². The fourth-order valence-corrected chi connectivity index (χ4v) is 8.62. The van der Waals surface area contributed by atoms with Gasteiger partial charge in [0.1, 0.15) is 13.2 Å². The van der Waals surface area contributed by atoms with Crippen LogP contribution < -0.4 is 0 Å². The van der Waals surface area contributed by atoms with Crippen LogP contribution in [0, 0.1) is 0 Å². The van der Waals surface area contributed by atoms with Gasteiger partial charge >= 0.3 is 17.9 Å². The van der Waals surface area contributed by atoms with E-state index in [-0.39, 0.29) is 31.1 Å². The highest BCUT2D eigenvalue weighted by molar-refractivity contribution is 5.71. The first-order valence-corrected chi connectivity index (χ1v) is 33.0. The van der Waals surface area contributed by atoms with Gasteiger partial charge in [-0.2, -0.15) is 0 Å². The number of carbonyl (C=O) groups excluding carboxylic acids is 3. The fourth-order valence-electron chi connectivity index (χ4n) is 8.62. The average Bonchev–Trinajstić information content (AvgIpc) is 3.47. The summed E-state index contributed by atoms with van der Waals surface area (Å²) < 4.78 is 16.9. The van der Waals surface area contributed by atoms with Crippen molar-refractivity contribution < 1.29 is 28.6 Å². The normalized spacial score (nSPS) is 13.2. The van der Waals surface area contributed by atoms with Crippen LogP contribution in [0.5, 0.6) is 0 Å². The smallest absolute Gasteiger partial charge is 0.306 e. The van der Waals surface area contributed by atoms with Gasteiger partial charge < -0.3 is 14.2 Å². The number of ether oxygens (including phenoxy) is 3. The predicted molar refractivity (Wildman–Crippen MR) is 352 cm³/mol. The van der Waals surface area contributed by atoms with E-state index in [1.165, 1.54) is 77.0 Å². The van der Waals surface area contributed by atoms with Crippen molar-refractivity contribution in [2.75, 3.05) is 13.2 Å². The Morgan fingerprint density at radius 1 is 0.259 bits per heavy atom. The summed E-state index contributed by atoms with van der Waals surface area (Å²) in [5.41, 5.74) is 0. The van der Waals surface area contributed by atoms with E-state index in [9.17, 15) is 14.4 Å². The van der Waals surface area contributed by atoms with Crippen molar-refractivity contribution in [1.82, 2.24) is 0 Å². The van der Waals surface area contributed by atoms with Gasteiger partial charge in [0.15, 0.2) is 6.10 Å². The summed E-state index contributed by atoms with van der Waals surface area (Å²) in [7, 11) is 0. The van der Waals surface area contributed by atoms with Gasteiger partial charge in [0.05, 0.1) is 0 Å². The number of carbonyl (C=O) groups is 3. The van der Waals surface area contributed by atoms with Crippen LogP contribution in [-0.4, -0.2) is 37.2 Å². The molecule has 0 aromatic heterocycles. The number of allylic oxidation sites excluding steroid dienone is 26. The standard InChI is InChI=1S/C75H120O6/c1-4-7-10-13-16-19-22-25-28-31-32-33-34-35-36-37-38-39-40-41-42-45-47-50-53-56-59-62-65-68-74(77)80-71-72(81-75(78)69-66-63-60-57-54-51-48-44-30-27-24-21-18-15-12-9-6-3)70-79-73(76)67-64-61-58-55-52-49-46-43-29-26-23-20-17-14-11-8-5-2/h7,9-10,12,16-21,25-30,32-33,35-36,38-39,41-42,47,50,72H,4-6,8,11,13-15,22-24,31,34,37,40,43-46,48-49,51-71H2,1-3H3/b10-7-,12-9-,19-16-,20-17-,21-18-,28-25-,29-26-,30-27-,33-32-,36-35-,39-38-,42-41-,50-47-. The van der Waals surface area contributed by atoms with Crippen molar-refractivity contribution in [1.29, 1.82) is 0 Å². The van der Waals surface area contributed by atoms with Crippen LogP contribution in [-0.2, 0) is 28.6 Å². The Morgan fingerprint density at radius 3 is 0.753 bits per heavy atom. The maximum atomic E-state index is 12.9. The summed E-state index contributed by atoms with van der Waals surface area (Å²) in [4.78, 5) is 38.4. The summed E-state index contributed by atoms with van der Waals surface area (Å²) in [6.45, 7) is 6.36. The zero-order chi connectivity index (χ0) is 58.5. The highest BCUT2D eigenvalue weighted by Crippen LogP contribution is 2.14. The van der Waals surface area contributed by atoms with Crippen molar-refractivity contribution in [3.05, 3.63) is 158 Å². The lowest BCUT2D eigenvalue weighted by molar-refractivity contribution is -0.167. The summed E-state index contributed by atoms with van der Waals surface area (Å²) in [5.74, 6) is -0.944. The van der Waals surface area contributed by atoms with Gasteiger partial charge in [-0.05, 0) is 148 Å². The molecule has 1 unspecified atom stereocenters. The van der Waals surface area contributed by atoms with Crippen LogP contribution in [0.15, 0.2) is 158 Å². The van der Waals surface area contributed by atoms with Gasteiger partial charge in [-0.15, -0.1) is 0 Å². The molecule has 0 fully saturated rings. The average molecular weight is 1120 g/mol. The van der Waals surface area contributed by atoms with Crippen molar-refractivity contribution in [3.8, 4) is 0 Å². The molecule has 456 valence electrons. The minimum absolute atomic E-state index is 0.100. The molecule has 1 atom stereocenters. The van der Waals surface area contributed by atoms with Gasteiger partial charge in [-0.1, -0.05) is 269 Å². The molecule has 0 saturated heterocycles. The summed E-state index contributed by atoms with van der Waals surface area (Å²) in [6.07, 6.45) is 98.1.